The molecule has 0 rings (SSSR count). The van der Waals surface area contributed by atoms with Crippen molar-refractivity contribution in [2.75, 3.05) is 13.2 Å². The second kappa shape index (κ2) is 64.9. The second-order valence-corrected chi connectivity index (χ2v) is 23.5. The van der Waals surface area contributed by atoms with Crippen LogP contribution in [-0.4, -0.2) is 47.4 Å². The lowest BCUT2D eigenvalue weighted by Crippen LogP contribution is -2.45. The topological polar surface area (TPSA) is 95.9 Å². The molecule has 0 saturated carbocycles. The van der Waals surface area contributed by atoms with Crippen LogP contribution in [-0.2, 0) is 14.3 Å². The average molecular weight is 1060 g/mol. The smallest absolute Gasteiger partial charge is 0.305 e. The van der Waals surface area contributed by atoms with Crippen LogP contribution in [0.3, 0.4) is 0 Å². The van der Waals surface area contributed by atoms with Crippen LogP contribution in [0.25, 0.3) is 0 Å². The van der Waals surface area contributed by atoms with E-state index >= 15 is 0 Å². The monoisotopic (exact) mass is 1060 g/mol. The summed E-state index contributed by atoms with van der Waals surface area (Å²) in [4.78, 5) is 24.5. The zero-order valence-electron chi connectivity index (χ0n) is 50.8. The van der Waals surface area contributed by atoms with Gasteiger partial charge in [-0.3, -0.25) is 9.59 Å². The van der Waals surface area contributed by atoms with Gasteiger partial charge in [-0.1, -0.05) is 334 Å². The maximum absolute atomic E-state index is 12.4. The van der Waals surface area contributed by atoms with Gasteiger partial charge in [-0.25, -0.2) is 0 Å². The van der Waals surface area contributed by atoms with Gasteiger partial charge in [0.05, 0.1) is 25.4 Å². The predicted octanol–water partition coefficient (Wildman–Crippen LogP) is 21.8. The number of unbranched alkanes of at least 4 members (excludes halogenated alkanes) is 51. The van der Waals surface area contributed by atoms with E-state index in [2.05, 4.69) is 31.3 Å². The summed E-state index contributed by atoms with van der Waals surface area (Å²) in [5, 5.41) is 23.1. The molecule has 0 aliphatic carbocycles. The largest absolute Gasteiger partial charge is 0.466 e. The molecule has 3 N–H and O–H groups in total. The summed E-state index contributed by atoms with van der Waals surface area (Å²) in [6.07, 6.45) is 81.2. The zero-order chi connectivity index (χ0) is 54.3. The summed E-state index contributed by atoms with van der Waals surface area (Å²) in [7, 11) is 0. The highest BCUT2D eigenvalue weighted by Crippen LogP contribution is 2.18. The van der Waals surface area contributed by atoms with Crippen molar-refractivity contribution >= 4 is 11.9 Å². The molecule has 0 aromatic carbocycles. The van der Waals surface area contributed by atoms with Crippen LogP contribution in [0.5, 0.6) is 0 Å². The van der Waals surface area contributed by atoms with Crippen LogP contribution < -0.4 is 5.32 Å². The summed E-state index contributed by atoms with van der Waals surface area (Å²) in [5.41, 5.74) is 0. The van der Waals surface area contributed by atoms with Crippen LogP contribution in [0.4, 0.5) is 0 Å². The minimum absolute atomic E-state index is 0.0200. The predicted molar refractivity (Wildman–Crippen MR) is 329 cm³/mol. The molecule has 1 amide bonds. The van der Waals surface area contributed by atoms with Gasteiger partial charge in [0.25, 0.3) is 0 Å². The lowest BCUT2D eigenvalue weighted by atomic mass is 10.0. The number of hydrogen-bond acceptors (Lipinski definition) is 5. The van der Waals surface area contributed by atoms with Crippen molar-refractivity contribution in [3.05, 3.63) is 24.3 Å². The molecule has 2 unspecified atom stereocenters. The Balaban J connectivity index is 3.33. The molecular weight excluding hydrogens is 923 g/mol. The van der Waals surface area contributed by atoms with Crippen LogP contribution in [0.1, 0.15) is 380 Å². The highest BCUT2D eigenvalue weighted by molar-refractivity contribution is 5.76. The molecule has 0 spiro atoms. The van der Waals surface area contributed by atoms with Gasteiger partial charge < -0.3 is 20.3 Å². The number of aliphatic hydroxyl groups is 2. The Bertz CT molecular complexity index is 1170. The van der Waals surface area contributed by atoms with E-state index in [1.807, 2.05) is 6.08 Å². The first kappa shape index (κ1) is 73.3. The van der Waals surface area contributed by atoms with Gasteiger partial charge >= 0.3 is 5.97 Å². The SMILES string of the molecule is CCCCCCCCCCCC/C=C/C(O)C(CO)NC(=O)CCCCCCCCCCCCCCCCCCC/C=C\CCCCCCCCCCCCCCCCOC(=O)CCCCCCCCCCCCC. The third kappa shape index (κ3) is 61.4. The van der Waals surface area contributed by atoms with E-state index < -0.39 is 12.1 Å². The Labute approximate surface area is 469 Å². The summed E-state index contributed by atoms with van der Waals surface area (Å²) in [6.45, 7) is 4.92. The first-order valence-corrected chi connectivity index (χ1v) is 34.1. The van der Waals surface area contributed by atoms with Crippen molar-refractivity contribution in [2.45, 2.75) is 392 Å². The van der Waals surface area contributed by atoms with Gasteiger partial charge in [-0.15, -0.1) is 0 Å². The number of aliphatic hydroxyl groups excluding tert-OH is 2. The van der Waals surface area contributed by atoms with Crippen molar-refractivity contribution in [3.8, 4) is 0 Å². The average Bonchev–Trinajstić information content (AvgIpc) is 3.41. The summed E-state index contributed by atoms with van der Waals surface area (Å²) < 4.78 is 5.47. The fourth-order valence-corrected chi connectivity index (χ4v) is 10.7. The van der Waals surface area contributed by atoms with Crippen LogP contribution in [0, 0.1) is 0 Å². The first-order chi connectivity index (χ1) is 37.0. The Morgan fingerprint density at radius 3 is 0.947 bits per heavy atom. The van der Waals surface area contributed by atoms with E-state index in [4.69, 9.17) is 4.74 Å². The van der Waals surface area contributed by atoms with Crippen molar-refractivity contribution in [1.82, 2.24) is 5.32 Å². The Morgan fingerprint density at radius 2 is 0.627 bits per heavy atom. The van der Waals surface area contributed by atoms with E-state index in [1.54, 1.807) is 6.08 Å². The van der Waals surface area contributed by atoms with Crippen molar-refractivity contribution in [3.63, 3.8) is 0 Å². The highest BCUT2D eigenvalue weighted by atomic mass is 16.5. The first-order valence-electron chi connectivity index (χ1n) is 34.1. The van der Waals surface area contributed by atoms with Gasteiger partial charge in [-0.2, -0.15) is 0 Å². The van der Waals surface area contributed by atoms with Crippen LogP contribution in [0.2, 0.25) is 0 Å². The standard InChI is InChI=1S/C69H133NO5/c1-3-5-7-9-11-13-15-42-45-49-53-57-61-67(72)66(65-71)70-68(73)62-58-54-50-46-43-39-37-35-33-31-29-27-25-23-21-19-17-16-18-20-22-24-26-28-30-32-34-36-38-40-44-48-52-56-60-64-75-69(74)63-59-55-51-47-41-14-12-10-8-6-4-2/h18,20,57,61,66-67,71-72H,3-17,19,21-56,58-60,62-65H2,1-2H3,(H,70,73)/b20-18-,61-57+. The number of nitrogens with one attached hydrogen (secondary N) is 1. The van der Waals surface area contributed by atoms with Gasteiger partial charge in [0.1, 0.15) is 0 Å². The number of carbonyl (C=O) groups excluding carboxylic acids is 2. The van der Waals surface area contributed by atoms with Crippen molar-refractivity contribution < 1.29 is 24.5 Å². The molecule has 0 aliphatic heterocycles. The van der Waals surface area contributed by atoms with Crippen LogP contribution >= 0.6 is 0 Å². The molecule has 75 heavy (non-hydrogen) atoms. The molecule has 0 heterocycles. The molecular formula is C69H133NO5. The number of carbonyl (C=O) groups is 2. The summed E-state index contributed by atoms with van der Waals surface area (Å²) in [5.74, 6) is -0.0435. The maximum Gasteiger partial charge on any atom is 0.305 e. The third-order valence-electron chi connectivity index (χ3n) is 16.0. The Kier molecular flexibility index (Phi) is 63.4. The molecule has 0 fully saturated rings. The number of esters is 1. The molecule has 0 aliphatic rings. The maximum atomic E-state index is 12.4. The van der Waals surface area contributed by atoms with E-state index in [9.17, 15) is 19.8 Å². The van der Waals surface area contributed by atoms with Crippen molar-refractivity contribution in [1.29, 1.82) is 0 Å². The lowest BCUT2D eigenvalue weighted by molar-refractivity contribution is -0.143. The van der Waals surface area contributed by atoms with Gasteiger partial charge in [-0.05, 0) is 57.8 Å². The Morgan fingerprint density at radius 1 is 0.360 bits per heavy atom. The molecule has 6 heteroatoms. The molecule has 0 saturated heterocycles. The molecule has 2 atom stereocenters. The number of allylic oxidation sites excluding steroid dienone is 3. The van der Waals surface area contributed by atoms with Gasteiger partial charge in [0.2, 0.25) is 5.91 Å². The van der Waals surface area contributed by atoms with Gasteiger partial charge in [0.15, 0.2) is 0 Å². The number of amides is 1. The Hall–Kier alpha value is -1.66. The third-order valence-corrected chi connectivity index (χ3v) is 16.0. The van der Waals surface area contributed by atoms with Crippen molar-refractivity contribution in [2.24, 2.45) is 0 Å². The molecule has 0 aromatic heterocycles. The fourth-order valence-electron chi connectivity index (χ4n) is 10.7. The second-order valence-electron chi connectivity index (χ2n) is 23.5. The molecule has 6 nitrogen and oxygen atoms in total. The fraction of sp³-hybridized carbons (Fsp3) is 0.913. The molecule has 0 radical (unpaired) electrons. The van der Waals surface area contributed by atoms with Gasteiger partial charge in [0, 0.05) is 12.8 Å². The zero-order valence-corrected chi connectivity index (χ0v) is 50.8. The lowest BCUT2D eigenvalue weighted by Gasteiger charge is -2.20. The number of hydrogen-bond donors (Lipinski definition) is 3. The molecule has 0 aromatic rings. The summed E-state index contributed by atoms with van der Waals surface area (Å²) >= 11 is 0. The quantitative estimate of drug-likeness (QED) is 0.0320. The van der Waals surface area contributed by atoms with E-state index in [0.29, 0.717) is 19.4 Å². The minimum Gasteiger partial charge on any atom is -0.466 e. The number of rotatable bonds is 64. The molecule has 0 bridgehead atoms. The van der Waals surface area contributed by atoms with Crippen LogP contribution in [0.15, 0.2) is 24.3 Å². The van der Waals surface area contributed by atoms with E-state index in [1.165, 1.54) is 315 Å². The summed E-state index contributed by atoms with van der Waals surface area (Å²) in [6, 6.07) is -0.623. The number of ether oxygens (including phenoxy) is 1. The van der Waals surface area contributed by atoms with E-state index in [-0.39, 0.29) is 18.5 Å². The normalized spacial score (nSPS) is 12.6. The highest BCUT2D eigenvalue weighted by Gasteiger charge is 2.18. The van der Waals surface area contributed by atoms with E-state index in [0.717, 1.165) is 38.5 Å². The molecule has 444 valence electrons. The minimum atomic E-state index is -0.840.